The molecule has 1 saturated heterocycles. The number of carbonyl (C=O) groups is 1. The molecule has 27 heavy (non-hydrogen) atoms. The standard InChI is InChI=1S/C23H36O4/c1-3-4-5-6-7-8-9-10-12-15-20(24)18-19-22-21(27-22)16-13-11-14-17-23(25)26-2/h7-8,10,12,20-22,24H,3-6,9,11,13-17H2,1-2H3/b8-7-,12-10-. The van der Waals surface area contributed by atoms with Crippen molar-refractivity contribution in [2.24, 2.45) is 0 Å². The van der Waals surface area contributed by atoms with E-state index in [1.165, 1.54) is 26.4 Å². The third-order valence-corrected chi connectivity index (χ3v) is 4.51. The Morgan fingerprint density at radius 1 is 1.15 bits per heavy atom. The maximum absolute atomic E-state index is 11.0. The number of allylic oxidation sites excluding steroid dienone is 3. The van der Waals surface area contributed by atoms with Crippen molar-refractivity contribution in [2.45, 2.75) is 95.9 Å². The first-order chi connectivity index (χ1) is 13.2. The summed E-state index contributed by atoms with van der Waals surface area (Å²) in [6, 6.07) is 0. The zero-order valence-electron chi connectivity index (χ0n) is 17.0. The Bertz CT molecular complexity index is 512. The van der Waals surface area contributed by atoms with E-state index in [2.05, 4.69) is 41.7 Å². The normalized spacial score (nSPS) is 19.8. The Morgan fingerprint density at radius 2 is 1.96 bits per heavy atom. The predicted molar refractivity (Wildman–Crippen MR) is 109 cm³/mol. The summed E-state index contributed by atoms with van der Waals surface area (Å²) in [4.78, 5) is 11.0. The Morgan fingerprint density at radius 3 is 2.74 bits per heavy atom. The van der Waals surface area contributed by atoms with Gasteiger partial charge in [0.05, 0.1) is 13.2 Å². The fourth-order valence-electron chi connectivity index (χ4n) is 2.75. The van der Waals surface area contributed by atoms with Gasteiger partial charge in [-0.1, -0.05) is 68.8 Å². The van der Waals surface area contributed by atoms with Gasteiger partial charge in [0, 0.05) is 12.8 Å². The summed E-state index contributed by atoms with van der Waals surface area (Å²) in [5, 5.41) is 9.89. The monoisotopic (exact) mass is 376 g/mol. The van der Waals surface area contributed by atoms with Crippen LogP contribution in [0.1, 0.15) is 77.6 Å². The SMILES string of the molecule is CCCCC/C=C\C/C=C\CC(O)C#CC1OC1CCCCCC(=O)OC. The zero-order chi connectivity index (χ0) is 19.7. The van der Waals surface area contributed by atoms with Gasteiger partial charge in [-0.2, -0.15) is 0 Å². The number of methoxy groups -OCH3 is 1. The Kier molecular flexibility index (Phi) is 13.5. The second-order valence-electron chi connectivity index (χ2n) is 6.99. The van der Waals surface area contributed by atoms with Crippen molar-refractivity contribution in [3.8, 4) is 11.8 Å². The van der Waals surface area contributed by atoms with E-state index < -0.39 is 6.10 Å². The molecule has 4 nitrogen and oxygen atoms in total. The molecule has 0 aliphatic carbocycles. The van der Waals surface area contributed by atoms with Crippen molar-refractivity contribution < 1.29 is 19.4 Å². The first-order valence-corrected chi connectivity index (χ1v) is 10.4. The molecule has 0 spiro atoms. The van der Waals surface area contributed by atoms with Gasteiger partial charge in [-0.15, -0.1) is 0 Å². The molecule has 4 heteroatoms. The van der Waals surface area contributed by atoms with Gasteiger partial charge >= 0.3 is 5.97 Å². The van der Waals surface area contributed by atoms with Gasteiger partial charge in [-0.25, -0.2) is 0 Å². The molecule has 1 N–H and O–H groups in total. The molecule has 1 rings (SSSR count). The summed E-state index contributed by atoms with van der Waals surface area (Å²) >= 11 is 0. The molecule has 0 aromatic rings. The number of hydrogen-bond acceptors (Lipinski definition) is 4. The lowest BCUT2D eigenvalue weighted by Crippen LogP contribution is -2.01. The Labute approximate surface area is 165 Å². The van der Waals surface area contributed by atoms with Gasteiger partial charge in [0.2, 0.25) is 0 Å². The summed E-state index contributed by atoms with van der Waals surface area (Å²) in [7, 11) is 1.42. The number of esters is 1. The van der Waals surface area contributed by atoms with Gasteiger partial charge in [-0.3, -0.25) is 4.79 Å². The van der Waals surface area contributed by atoms with Gasteiger partial charge in [0.25, 0.3) is 0 Å². The minimum Gasteiger partial charge on any atom is -0.469 e. The van der Waals surface area contributed by atoms with Crippen LogP contribution in [-0.4, -0.2) is 36.5 Å². The lowest BCUT2D eigenvalue weighted by molar-refractivity contribution is -0.140. The molecular weight excluding hydrogens is 340 g/mol. The van der Waals surface area contributed by atoms with Crippen LogP contribution in [0.5, 0.6) is 0 Å². The van der Waals surface area contributed by atoms with Crippen LogP contribution in [0.2, 0.25) is 0 Å². The van der Waals surface area contributed by atoms with Crippen molar-refractivity contribution in [2.75, 3.05) is 7.11 Å². The van der Waals surface area contributed by atoms with Crippen LogP contribution < -0.4 is 0 Å². The largest absolute Gasteiger partial charge is 0.469 e. The van der Waals surface area contributed by atoms with Gasteiger partial charge < -0.3 is 14.6 Å². The van der Waals surface area contributed by atoms with Crippen LogP contribution in [0.3, 0.4) is 0 Å². The predicted octanol–water partition coefficient (Wildman–Crippen LogP) is 4.71. The topological polar surface area (TPSA) is 59.1 Å². The van der Waals surface area contributed by atoms with Gasteiger partial charge in [0.15, 0.2) is 0 Å². The quantitative estimate of drug-likeness (QED) is 0.157. The molecule has 3 unspecified atom stereocenters. The Hall–Kier alpha value is -1.57. The number of aliphatic hydroxyl groups excluding tert-OH is 1. The van der Waals surface area contributed by atoms with Gasteiger partial charge in [-0.05, 0) is 32.1 Å². The molecule has 0 saturated carbocycles. The maximum atomic E-state index is 11.0. The molecule has 1 fully saturated rings. The highest BCUT2D eigenvalue weighted by molar-refractivity contribution is 5.68. The molecule has 0 radical (unpaired) electrons. The summed E-state index contributed by atoms with van der Waals surface area (Å²) in [6.07, 6.45) is 18.8. The second-order valence-corrected chi connectivity index (χ2v) is 6.99. The Balaban J connectivity index is 2.02. The van der Waals surface area contributed by atoms with E-state index in [1.54, 1.807) is 0 Å². The lowest BCUT2D eigenvalue weighted by Gasteiger charge is -1.98. The average molecular weight is 377 g/mol. The first kappa shape index (κ1) is 23.5. The first-order valence-electron chi connectivity index (χ1n) is 10.4. The summed E-state index contributed by atoms with van der Waals surface area (Å²) < 4.78 is 10.1. The number of aliphatic hydroxyl groups is 1. The van der Waals surface area contributed by atoms with Gasteiger partial charge in [0.1, 0.15) is 12.2 Å². The van der Waals surface area contributed by atoms with E-state index in [0.717, 1.165) is 38.5 Å². The van der Waals surface area contributed by atoms with Crippen molar-refractivity contribution in [3.63, 3.8) is 0 Å². The summed E-state index contributed by atoms with van der Waals surface area (Å²) in [5.41, 5.74) is 0. The van der Waals surface area contributed by atoms with Crippen LogP contribution in [-0.2, 0) is 14.3 Å². The van der Waals surface area contributed by atoms with Crippen LogP contribution in [0.15, 0.2) is 24.3 Å². The van der Waals surface area contributed by atoms with Crippen molar-refractivity contribution >= 4 is 5.97 Å². The number of carbonyl (C=O) groups excluding carboxylic acids is 1. The zero-order valence-corrected chi connectivity index (χ0v) is 17.0. The molecule has 1 heterocycles. The van der Waals surface area contributed by atoms with E-state index in [-0.39, 0.29) is 18.2 Å². The van der Waals surface area contributed by atoms with E-state index >= 15 is 0 Å². The van der Waals surface area contributed by atoms with Crippen molar-refractivity contribution in [3.05, 3.63) is 24.3 Å². The number of rotatable bonds is 14. The van der Waals surface area contributed by atoms with E-state index in [1.807, 2.05) is 6.08 Å². The second kappa shape index (κ2) is 15.5. The van der Waals surface area contributed by atoms with Crippen molar-refractivity contribution in [1.29, 1.82) is 0 Å². The molecule has 0 bridgehead atoms. The van der Waals surface area contributed by atoms with E-state index in [9.17, 15) is 9.90 Å². The molecular formula is C23H36O4. The third kappa shape index (κ3) is 13.3. The summed E-state index contributed by atoms with van der Waals surface area (Å²) in [6.45, 7) is 2.21. The molecule has 152 valence electrons. The lowest BCUT2D eigenvalue weighted by atomic mass is 10.1. The summed E-state index contributed by atoms with van der Waals surface area (Å²) in [5.74, 6) is 5.74. The van der Waals surface area contributed by atoms with Crippen LogP contribution in [0, 0.1) is 11.8 Å². The molecule has 1 aliphatic heterocycles. The molecule has 0 amide bonds. The minimum absolute atomic E-state index is 0.0321. The molecule has 1 aliphatic rings. The average Bonchev–Trinajstić information content (AvgIpc) is 3.42. The van der Waals surface area contributed by atoms with Crippen LogP contribution in [0.4, 0.5) is 0 Å². The molecule has 0 aromatic heterocycles. The fraction of sp³-hybridized carbons (Fsp3) is 0.696. The van der Waals surface area contributed by atoms with Crippen LogP contribution in [0.25, 0.3) is 0 Å². The fourth-order valence-corrected chi connectivity index (χ4v) is 2.75. The highest BCUT2D eigenvalue weighted by Crippen LogP contribution is 2.26. The smallest absolute Gasteiger partial charge is 0.305 e. The van der Waals surface area contributed by atoms with Crippen molar-refractivity contribution in [1.82, 2.24) is 0 Å². The van der Waals surface area contributed by atoms with E-state index in [4.69, 9.17) is 4.74 Å². The number of hydrogen-bond donors (Lipinski definition) is 1. The molecule has 0 aromatic carbocycles. The number of unbranched alkanes of at least 4 members (excludes halogenated alkanes) is 5. The van der Waals surface area contributed by atoms with E-state index in [0.29, 0.717) is 12.8 Å². The van der Waals surface area contributed by atoms with Crippen LogP contribution >= 0.6 is 0 Å². The highest BCUT2D eigenvalue weighted by Gasteiger charge is 2.36. The number of ether oxygens (including phenoxy) is 2. The highest BCUT2D eigenvalue weighted by atomic mass is 16.6. The molecule has 3 atom stereocenters. The minimum atomic E-state index is -0.625. The number of epoxide rings is 1. The maximum Gasteiger partial charge on any atom is 0.305 e. The third-order valence-electron chi connectivity index (χ3n) is 4.51.